The fourth-order valence-electron chi connectivity index (χ4n) is 0.278. The number of ether oxygens (including phenoxy) is 1. The highest BCUT2D eigenvalue weighted by Gasteiger charge is 1.92. The number of carbonyl (C=O) groups is 1. The van der Waals surface area contributed by atoms with Crippen LogP contribution in [0.2, 0.25) is 0 Å². The molecule has 0 atom stereocenters. The Morgan fingerprint density at radius 1 is 1.88 bits per heavy atom. The van der Waals surface area contributed by atoms with E-state index in [1.54, 1.807) is 0 Å². The van der Waals surface area contributed by atoms with Gasteiger partial charge in [-0.2, -0.15) is 0 Å². The first-order valence-corrected chi connectivity index (χ1v) is 2.51. The summed E-state index contributed by atoms with van der Waals surface area (Å²) in [6.45, 7) is 2.61. The second-order valence-corrected chi connectivity index (χ2v) is 1.36. The molecule has 0 aliphatic heterocycles. The van der Waals surface area contributed by atoms with Gasteiger partial charge in [0.2, 0.25) is 0 Å². The number of hydrogen-bond donors (Lipinski definition) is 1. The van der Waals surface area contributed by atoms with Crippen molar-refractivity contribution in [3.63, 3.8) is 0 Å². The third-order valence-electron chi connectivity index (χ3n) is 0.650. The van der Waals surface area contributed by atoms with Crippen molar-refractivity contribution in [1.82, 2.24) is 5.32 Å². The maximum Gasteiger partial charge on any atom is 0.407 e. The number of amides is 1. The average molecular weight is 116 g/mol. The van der Waals surface area contributed by atoms with Crippen molar-refractivity contribution in [2.75, 3.05) is 6.54 Å². The SMILES string of the molecule is [CH2]OC(=O)NCCC. The van der Waals surface area contributed by atoms with E-state index >= 15 is 0 Å². The predicted octanol–water partition coefficient (Wildman–Crippen LogP) is 0.914. The molecule has 1 N–H and O–H groups in total. The second kappa shape index (κ2) is 4.43. The molecule has 0 aromatic heterocycles. The smallest absolute Gasteiger partial charge is 0.407 e. The molecule has 1 amide bonds. The van der Waals surface area contributed by atoms with Crippen LogP contribution < -0.4 is 5.32 Å². The normalized spacial score (nSPS) is 8.25. The highest BCUT2D eigenvalue weighted by molar-refractivity contribution is 5.67. The van der Waals surface area contributed by atoms with Crippen LogP contribution in [-0.2, 0) is 4.74 Å². The van der Waals surface area contributed by atoms with Gasteiger partial charge in [0.15, 0.2) is 0 Å². The van der Waals surface area contributed by atoms with Gasteiger partial charge in [0.05, 0.1) is 0 Å². The van der Waals surface area contributed by atoms with E-state index in [-0.39, 0.29) is 0 Å². The van der Waals surface area contributed by atoms with Crippen LogP contribution in [0.5, 0.6) is 0 Å². The summed E-state index contributed by atoms with van der Waals surface area (Å²) >= 11 is 0. The zero-order valence-electron chi connectivity index (χ0n) is 4.94. The minimum atomic E-state index is -0.466. The molecule has 0 aliphatic rings. The van der Waals surface area contributed by atoms with E-state index in [4.69, 9.17) is 0 Å². The number of nitrogens with one attached hydrogen (secondary N) is 1. The molecule has 0 aromatic rings. The standard InChI is InChI=1S/C5H10NO2/c1-3-4-6-5(7)8-2/h2-4H2,1H3,(H,6,7). The molecule has 0 saturated carbocycles. The molecule has 0 spiro atoms. The summed E-state index contributed by atoms with van der Waals surface area (Å²) in [5.74, 6) is 0. The first kappa shape index (κ1) is 7.27. The Morgan fingerprint density at radius 3 is 2.88 bits per heavy atom. The van der Waals surface area contributed by atoms with Gasteiger partial charge in [0.25, 0.3) is 0 Å². The molecule has 3 nitrogen and oxygen atoms in total. The van der Waals surface area contributed by atoms with Gasteiger partial charge in [-0.15, -0.1) is 0 Å². The maximum atomic E-state index is 10.2. The fraction of sp³-hybridized carbons (Fsp3) is 0.600. The molecule has 0 heterocycles. The van der Waals surface area contributed by atoms with Crippen LogP contribution >= 0.6 is 0 Å². The minimum absolute atomic E-state index is 0.466. The van der Waals surface area contributed by atoms with Gasteiger partial charge >= 0.3 is 6.09 Å². The van der Waals surface area contributed by atoms with Gasteiger partial charge in [-0.3, -0.25) is 0 Å². The van der Waals surface area contributed by atoms with Gasteiger partial charge in [0, 0.05) is 6.54 Å². The van der Waals surface area contributed by atoms with E-state index in [0.29, 0.717) is 6.54 Å². The molecule has 0 rings (SSSR count). The summed E-state index contributed by atoms with van der Waals surface area (Å²) in [5.41, 5.74) is 0. The van der Waals surface area contributed by atoms with Crippen molar-refractivity contribution in [2.24, 2.45) is 0 Å². The van der Waals surface area contributed by atoms with Gasteiger partial charge in [-0.1, -0.05) is 6.92 Å². The first-order chi connectivity index (χ1) is 3.81. The maximum absolute atomic E-state index is 10.2. The van der Waals surface area contributed by atoms with Crippen molar-refractivity contribution < 1.29 is 9.53 Å². The lowest BCUT2D eigenvalue weighted by Crippen LogP contribution is -2.22. The largest absolute Gasteiger partial charge is 0.446 e. The van der Waals surface area contributed by atoms with Crippen LogP contribution in [0.15, 0.2) is 0 Å². The van der Waals surface area contributed by atoms with Crippen LogP contribution in [0.3, 0.4) is 0 Å². The molecule has 47 valence electrons. The molecule has 0 aromatic carbocycles. The quantitative estimate of drug-likeness (QED) is 0.582. The Balaban J connectivity index is 2.99. The molecule has 0 saturated heterocycles. The summed E-state index contributed by atoms with van der Waals surface area (Å²) in [6.07, 6.45) is 0.446. The summed E-state index contributed by atoms with van der Waals surface area (Å²) in [5, 5.41) is 2.46. The number of hydrogen-bond acceptors (Lipinski definition) is 2. The Bertz CT molecular complexity index is 72.8. The van der Waals surface area contributed by atoms with Crippen molar-refractivity contribution >= 4 is 6.09 Å². The van der Waals surface area contributed by atoms with Crippen LogP contribution in [0, 0.1) is 7.11 Å². The van der Waals surface area contributed by atoms with E-state index in [1.807, 2.05) is 6.92 Å². The van der Waals surface area contributed by atoms with Gasteiger partial charge in [-0.05, 0) is 6.42 Å². The lowest BCUT2D eigenvalue weighted by Gasteiger charge is -1.97. The van der Waals surface area contributed by atoms with Crippen LogP contribution in [0.4, 0.5) is 4.79 Å². The fourth-order valence-corrected chi connectivity index (χ4v) is 0.278. The highest BCUT2D eigenvalue weighted by Crippen LogP contribution is 1.73. The highest BCUT2D eigenvalue weighted by atomic mass is 16.5. The molecular weight excluding hydrogens is 106 g/mol. The summed E-state index contributed by atoms with van der Waals surface area (Å²) in [7, 11) is 2.93. The van der Waals surface area contributed by atoms with E-state index in [0.717, 1.165) is 6.42 Å². The second-order valence-electron chi connectivity index (χ2n) is 1.36. The zero-order chi connectivity index (χ0) is 6.41. The third kappa shape index (κ3) is 3.46. The van der Waals surface area contributed by atoms with E-state index in [9.17, 15) is 4.79 Å². The van der Waals surface area contributed by atoms with E-state index in [1.165, 1.54) is 0 Å². The molecule has 0 unspecified atom stereocenters. The monoisotopic (exact) mass is 116 g/mol. The molecule has 0 fully saturated rings. The van der Waals surface area contributed by atoms with E-state index in [2.05, 4.69) is 17.2 Å². The zero-order valence-corrected chi connectivity index (χ0v) is 4.94. The van der Waals surface area contributed by atoms with Crippen LogP contribution in [0.1, 0.15) is 13.3 Å². The van der Waals surface area contributed by atoms with Crippen molar-refractivity contribution in [3.05, 3.63) is 7.11 Å². The Morgan fingerprint density at radius 2 is 2.50 bits per heavy atom. The summed E-state index contributed by atoms with van der Waals surface area (Å²) in [4.78, 5) is 10.2. The van der Waals surface area contributed by atoms with Crippen molar-refractivity contribution in [3.8, 4) is 0 Å². The number of rotatable bonds is 2. The van der Waals surface area contributed by atoms with Crippen molar-refractivity contribution in [2.45, 2.75) is 13.3 Å². The lowest BCUT2D eigenvalue weighted by molar-refractivity contribution is 0.183. The molecule has 1 radical (unpaired) electrons. The summed E-state index contributed by atoms with van der Waals surface area (Å²) < 4.78 is 4.05. The average Bonchev–Trinajstić information content (AvgIpc) is 1.83. The van der Waals surface area contributed by atoms with E-state index < -0.39 is 6.09 Å². The van der Waals surface area contributed by atoms with Gasteiger partial charge in [-0.25, -0.2) is 4.79 Å². The van der Waals surface area contributed by atoms with Crippen molar-refractivity contribution in [1.29, 1.82) is 0 Å². The van der Waals surface area contributed by atoms with Gasteiger partial charge in [0.1, 0.15) is 7.11 Å². The molecule has 0 bridgehead atoms. The third-order valence-corrected chi connectivity index (χ3v) is 0.650. The van der Waals surface area contributed by atoms with Gasteiger partial charge < -0.3 is 10.1 Å². The predicted molar refractivity (Wildman–Crippen MR) is 30.1 cm³/mol. The Labute approximate surface area is 49.0 Å². The number of alkyl carbamates (subject to hydrolysis) is 1. The first-order valence-electron chi connectivity index (χ1n) is 2.51. The topological polar surface area (TPSA) is 38.3 Å². The number of carbonyl (C=O) groups excluding carboxylic acids is 1. The molecule has 3 heteroatoms. The summed E-state index contributed by atoms with van der Waals surface area (Å²) in [6, 6.07) is 0. The Hall–Kier alpha value is -0.730. The Kier molecular flexibility index (Phi) is 4.03. The molecule has 8 heavy (non-hydrogen) atoms. The molecular formula is C5H10NO2. The molecule has 0 aliphatic carbocycles. The van der Waals surface area contributed by atoms with Crippen LogP contribution in [-0.4, -0.2) is 12.6 Å². The van der Waals surface area contributed by atoms with Crippen LogP contribution in [0.25, 0.3) is 0 Å². The lowest BCUT2D eigenvalue weighted by atomic mass is 10.5. The minimum Gasteiger partial charge on any atom is -0.446 e.